The Labute approximate surface area is 183 Å². The number of benzene rings is 1. The number of nitrogen functional groups attached to an aromatic ring is 1. The molecule has 0 radical (unpaired) electrons. The highest BCUT2D eigenvalue weighted by atomic mass is 32.2. The molecule has 0 spiro atoms. The van der Waals surface area contributed by atoms with Crippen LogP contribution in [0.4, 0.5) is 5.82 Å². The van der Waals surface area contributed by atoms with E-state index < -0.39 is 9.73 Å². The topological polar surface area (TPSA) is 101 Å². The average Bonchev–Trinajstić information content (AvgIpc) is 3.04. The molecule has 1 aliphatic heterocycles. The lowest BCUT2D eigenvalue weighted by Crippen LogP contribution is -2.43. The molecule has 7 nitrogen and oxygen atoms in total. The van der Waals surface area contributed by atoms with E-state index in [4.69, 9.17) is 10.5 Å². The van der Waals surface area contributed by atoms with Gasteiger partial charge in [-0.1, -0.05) is 24.3 Å². The quantitative estimate of drug-likeness (QED) is 0.587. The molecule has 1 unspecified atom stereocenters. The molecule has 1 atom stereocenters. The lowest BCUT2D eigenvalue weighted by Gasteiger charge is -2.42. The normalized spacial score (nSPS) is 23.3. The molecule has 31 heavy (non-hydrogen) atoms. The fourth-order valence-corrected chi connectivity index (χ4v) is 5.44. The van der Waals surface area contributed by atoms with Crippen molar-refractivity contribution in [3.8, 4) is 11.1 Å². The number of nitrogens with two attached hydrogens (primary N) is 1. The van der Waals surface area contributed by atoms with E-state index in [0.29, 0.717) is 24.0 Å². The lowest BCUT2D eigenvalue weighted by atomic mass is 9.79. The van der Waals surface area contributed by atoms with E-state index in [0.717, 1.165) is 33.6 Å². The summed E-state index contributed by atoms with van der Waals surface area (Å²) in [6.45, 7) is 3.73. The Balaban J connectivity index is 1.44. The predicted molar refractivity (Wildman–Crippen MR) is 126 cm³/mol. The van der Waals surface area contributed by atoms with Crippen molar-refractivity contribution < 1.29 is 4.21 Å². The van der Waals surface area contributed by atoms with Crippen molar-refractivity contribution >= 4 is 26.6 Å². The van der Waals surface area contributed by atoms with Crippen molar-refractivity contribution in [1.29, 1.82) is 4.78 Å². The van der Waals surface area contributed by atoms with Gasteiger partial charge in [-0.3, -0.25) is 8.99 Å². The molecule has 5 rings (SSSR count). The molecule has 3 heterocycles. The third-order valence-corrected chi connectivity index (χ3v) is 7.71. The molecular formula is C23H30N6OS. The number of hydrogen-bond acceptors (Lipinski definition) is 6. The summed E-state index contributed by atoms with van der Waals surface area (Å²) in [6.07, 6.45) is 9.56. The van der Waals surface area contributed by atoms with Gasteiger partial charge in [0, 0.05) is 46.1 Å². The molecule has 2 aromatic heterocycles. The van der Waals surface area contributed by atoms with Crippen LogP contribution in [0, 0.1) is 10.7 Å². The van der Waals surface area contributed by atoms with Gasteiger partial charge in [0.1, 0.15) is 17.8 Å². The van der Waals surface area contributed by atoms with Gasteiger partial charge in [-0.15, -0.1) is 0 Å². The number of nitrogens with one attached hydrogen (secondary N) is 1. The maximum atomic E-state index is 11.8. The molecular weight excluding hydrogens is 408 g/mol. The summed E-state index contributed by atoms with van der Waals surface area (Å²) in [7, 11) is -2.50. The SMILES string of the molecule is CS(=N)(=O)CCc1cccc(-c2cn([C@H]3C[C@@H](CN4CCC4)C3)c3ncnc(N)c23)c1. The van der Waals surface area contributed by atoms with Gasteiger partial charge < -0.3 is 15.2 Å². The van der Waals surface area contributed by atoms with Crippen LogP contribution in [0.5, 0.6) is 0 Å². The van der Waals surface area contributed by atoms with Gasteiger partial charge in [-0.25, -0.2) is 9.97 Å². The Kier molecular flexibility index (Phi) is 5.22. The van der Waals surface area contributed by atoms with Crippen LogP contribution in [0.3, 0.4) is 0 Å². The van der Waals surface area contributed by atoms with Crippen LogP contribution in [-0.2, 0) is 16.1 Å². The van der Waals surface area contributed by atoms with Crippen molar-refractivity contribution in [2.24, 2.45) is 5.92 Å². The Bertz CT molecular complexity index is 1210. The molecule has 0 bridgehead atoms. The molecule has 0 amide bonds. The summed E-state index contributed by atoms with van der Waals surface area (Å²) < 4.78 is 21.8. The van der Waals surface area contributed by atoms with Crippen LogP contribution in [0.15, 0.2) is 36.8 Å². The fourth-order valence-electron chi connectivity index (χ4n) is 4.82. The van der Waals surface area contributed by atoms with E-state index in [1.54, 1.807) is 6.33 Å². The van der Waals surface area contributed by atoms with E-state index in [2.05, 4.69) is 37.8 Å². The highest BCUT2D eigenvalue weighted by Gasteiger charge is 2.34. The van der Waals surface area contributed by atoms with Gasteiger partial charge >= 0.3 is 0 Å². The Morgan fingerprint density at radius 2 is 2.06 bits per heavy atom. The molecule has 1 aromatic carbocycles. The molecule has 1 saturated heterocycles. The second-order valence-corrected chi connectivity index (χ2v) is 11.6. The van der Waals surface area contributed by atoms with Crippen molar-refractivity contribution in [2.45, 2.75) is 31.7 Å². The molecule has 8 heteroatoms. The highest BCUT2D eigenvalue weighted by Crippen LogP contribution is 2.43. The first-order chi connectivity index (χ1) is 14.9. The largest absolute Gasteiger partial charge is 0.383 e. The minimum Gasteiger partial charge on any atom is -0.383 e. The van der Waals surface area contributed by atoms with E-state index in [-0.39, 0.29) is 0 Å². The number of rotatable bonds is 7. The average molecular weight is 439 g/mol. The van der Waals surface area contributed by atoms with Crippen LogP contribution in [-0.4, -0.2) is 55.3 Å². The van der Waals surface area contributed by atoms with Gasteiger partial charge in [-0.2, -0.15) is 0 Å². The third kappa shape index (κ3) is 4.19. The molecule has 2 fully saturated rings. The van der Waals surface area contributed by atoms with Crippen molar-refractivity contribution in [2.75, 3.05) is 37.4 Å². The van der Waals surface area contributed by atoms with E-state index in [1.165, 1.54) is 45.2 Å². The number of likely N-dealkylation sites (tertiary alicyclic amines) is 1. The fraction of sp³-hybridized carbons (Fsp3) is 0.478. The smallest absolute Gasteiger partial charge is 0.146 e. The number of aryl methyl sites for hydroxylation is 1. The summed E-state index contributed by atoms with van der Waals surface area (Å²) in [5.41, 5.74) is 10.4. The third-order valence-electron chi connectivity index (χ3n) is 6.73. The molecule has 164 valence electrons. The van der Waals surface area contributed by atoms with Gasteiger partial charge in [-0.05, 0) is 55.8 Å². The number of hydrogen-bond donors (Lipinski definition) is 2. The minimum atomic E-state index is -2.50. The number of fused-ring (bicyclic) bond motifs is 1. The van der Waals surface area contributed by atoms with Crippen LogP contribution in [0.1, 0.15) is 30.9 Å². The summed E-state index contributed by atoms with van der Waals surface area (Å²) in [6, 6.07) is 8.69. The second-order valence-electron chi connectivity index (χ2n) is 9.21. The second kappa shape index (κ2) is 7.91. The maximum Gasteiger partial charge on any atom is 0.146 e. The first kappa shape index (κ1) is 20.5. The van der Waals surface area contributed by atoms with Crippen molar-refractivity contribution in [1.82, 2.24) is 19.4 Å². The first-order valence-electron chi connectivity index (χ1n) is 11.0. The van der Waals surface area contributed by atoms with Crippen molar-refractivity contribution in [3.05, 3.63) is 42.4 Å². The van der Waals surface area contributed by atoms with Crippen LogP contribution >= 0.6 is 0 Å². The van der Waals surface area contributed by atoms with E-state index in [1.807, 2.05) is 12.1 Å². The van der Waals surface area contributed by atoms with E-state index >= 15 is 0 Å². The molecule has 1 saturated carbocycles. The van der Waals surface area contributed by atoms with Crippen molar-refractivity contribution in [3.63, 3.8) is 0 Å². The lowest BCUT2D eigenvalue weighted by molar-refractivity contribution is 0.0921. The Morgan fingerprint density at radius 3 is 2.77 bits per heavy atom. The number of aromatic nitrogens is 3. The van der Waals surface area contributed by atoms with Gasteiger partial charge in [0.05, 0.1) is 5.39 Å². The molecule has 3 N–H and O–H groups in total. The maximum absolute atomic E-state index is 11.8. The Hall–Kier alpha value is -2.45. The van der Waals surface area contributed by atoms with E-state index in [9.17, 15) is 4.21 Å². The zero-order chi connectivity index (χ0) is 21.6. The highest BCUT2D eigenvalue weighted by molar-refractivity contribution is 7.91. The summed E-state index contributed by atoms with van der Waals surface area (Å²) >= 11 is 0. The predicted octanol–water partition coefficient (Wildman–Crippen LogP) is 3.56. The molecule has 3 aromatic rings. The first-order valence-corrected chi connectivity index (χ1v) is 13.1. The zero-order valence-corrected chi connectivity index (χ0v) is 18.8. The summed E-state index contributed by atoms with van der Waals surface area (Å²) in [5.74, 6) is 1.63. The van der Waals surface area contributed by atoms with Crippen LogP contribution < -0.4 is 5.73 Å². The zero-order valence-electron chi connectivity index (χ0n) is 18.0. The molecule has 1 aliphatic carbocycles. The number of nitrogens with zero attached hydrogens (tertiary/aromatic N) is 4. The van der Waals surface area contributed by atoms with Gasteiger partial charge in [0.15, 0.2) is 0 Å². The number of anilines is 1. The van der Waals surface area contributed by atoms with Gasteiger partial charge in [0.25, 0.3) is 0 Å². The van der Waals surface area contributed by atoms with Gasteiger partial charge in [0.2, 0.25) is 0 Å². The van der Waals surface area contributed by atoms with Crippen LogP contribution in [0.25, 0.3) is 22.2 Å². The van der Waals surface area contributed by atoms with Crippen LogP contribution in [0.2, 0.25) is 0 Å². The monoisotopic (exact) mass is 438 g/mol. The summed E-state index contributed by atoms with van der Waals surface area (Å²) in [5, 5.41) is 0.908. The summed E-state index contributed by atoms with van der Waals surface area (Å²) in [4.78, 5) is 11.4. The Morgan fingerprint density at radius 1 is 1.26 bits per heavy atom. The molecule has 2 aliphatic rings. The minimum absolute atomic E-state index is 0.365. The standard InChI is InChI=1S/C23H30N6OS/c1-31(25,30)9-6-16-4-2-5-18(10-16)20-14-29(23-21(20)22(24)26-15-27-23)19-11-17(12-19)13-28-7-3-8-28/h2,4-5,10,14-15,17,19,25H,3,6-9,11-13H2,1H3,(H2,24,26,27)/t17-,19+,31?.